The normalized spacial score (nSPS) is 18.9. The van der Waals surface area contributed by atoms with Crippen molar-refractivity contribution in [2.75, 3.05) is 32.8 Å². The van der Waals surface area contributed by atoms with Gasteiger partial charge in [0.1, 0.15) is 17.7 Å². The standard InChI is InChI=1S/C23H26F2N4O2/c1-16-8-10-29(27-16)11-9-23(30)28-12-13-31-22(15-28)21-7-2-4-17(26-21)14-18-19(24)5-3-6-20(18)25/h2-7,22H,8-15H2,1H3/t22-/m0/s1. The predicted octanol–water partition coefficient (Wildman–Crippen LogP) is 3.32. The lowest BCUT2D eigenvalue weighted by Gasteiger charge is -2.33. The van der Waals surface area contributed by atoms with Gasteiger partial charge in [0, 0.05) is 55.9 Å². The molecular weight excluding hydrogens is 402 g/mol. The molecule has 1 atom stereocenters. The van der Waals surface area contributed by atoms with E-state index in [1.807, 2.05) is 18.0 Å². The van der Waals surface area contributed by atoms with Gasteiger partial charge in [0.15, 0.2) is 0 Å². The number of halogens is 2. The fourth-order valence-electron chi connectivity index (χ4n) is 3.89. The third-order valence-corrected chi connectivity index (χ3v) is 5.62. The molecule has 1 saturated heterocycles. The van der Waals surface area contributed by atoms with Crippen molar-refractivity contribution in [3.8, 4) is 0 Å². The maximum atomic E-state index is 14.0. The molecule has 2 aromatic rings. The summed E-state index contributed by atoms with van der Waals surface area (Å²) in [5, 5.41) is 6.36. The van der Waals surface area contributed by atoms with Crippen LogP contribution in [-0.2, 0) is 16.0 Å². The minimum absolute atomic E-state index is 0.00618. The predicted molar refractivity (Wildman–Crippen MR) is 113 cm³/mol. The Hall–Kier alpha value is -2.87. The highest BCUT2D eigenvalue weighted by atomic mass is 19.1. The number of carbonyl (C=O) groups is 1. The van der Waals surface area contributed by atoms with Gasteiger partial charge in [-0.15, -0.1) is 0 Å². The van der Waals surface area contributed by atoms with Crippen molar-refractivity contribution in [2.45, 2.75) is 32.3 Å². The number of pyridine rings is 1. The van der Waals surface area contributed by atoms with Crippen molar-refractivity contribution in [1.29, 1.82) is 0 Å². The van der Waals surface area contributed by atoms with E-state index in [2.05, 4.69) is 10.1 Å². The van der Waals surface area contributed by atoms with Gasteiger partial charge in [0.05, 0.1) is 18.8 Å². The maximum Gasteiger partial charge on any atom is 0.224 e. The second-order valence-electron chi connectivity index (χ2n) is 7.92. The molecule has 1 fully saturated rings. The van der Waals surface area contributed by atoms with Gasteiger partial charge in [0.2, 0.25) is 5.91 Å². The summed E-state index contributed by atoms with van der Waals surface area (Å²) in [6.07, 6.45) is 1.04. The van der Waals surface area contributed by atoms with E-state index in [0.29, 0.717) is 44.0 Å². The Balaban J connectivity index is 1.39. The van der Waals surface area contributed by atoms with E-state index in [1.54, 1.807) is 17.0 Å². The molecule has 2 aliphatic heterocycles. The molecule has 6 nitrogen and oxygen atoms in total. The van der Waals surface area contributed by atoms with E-state index in [-0.39, 0.29) is 24.0 Å². The number of nitrogens with zero attached hydrogens (tertiary/aromatic N) is 4. The van der Waals surface area contributed by atoms with Gasteiger partial charge in [0.25, 0.3) is 0 Å². The zero-order chi connectivity index (χ0) is 21.8. The van der Waals surface area contributed by atoms with Crippen LogP contribution in [-0.4, -0.2) is 59.3 Å². The maximum absolute atomic E-state index is 14.0. The van der Waals surface area contributed by atoms with E-state index in [4.69, 9.17) is 4.74 Å². The first-order valence-corrected chi connectivity index (χ1v) is 10.6. The fourth-order valence-corrected chi connectivity index (χ4v) is 3.89. The first-order chi connectivity index (χ1) is 15.0. The first-order valence-electron chi connectivity index (χ1n) is 10.6. The summed E-state index contributed by atoms with van der Waals surface area (Å²) in [4.78, 5) is 19.0. The smallest absolute Gasteiger partial charge is 0.224 e. The second kappa shape index (κ2) is 9.51. The Morgan fingerprint density at radius 2 is 1.94 bits per heavy atom. The average Bonchev–Trinajstić information content (AvgIpc) is 3.20. The largest absolute Gasteiger partial charge is 0.368 e. The average molecular weight is 428 g/mol. The van der Waals surface area contributed by atoms with E-state index in [0.717, 1.165) is 18.7 Å². The zero-order valence-electron chi connectivity index (χ0n) is 17.6. The zero-order valence-corrected chi connectivity index (χ0v) is 17.6. The Kier molecular flexibility index (Phi) is 6.56. The molecule has 0 saturated carbocycles. The van der Waals surface area contributed by atoms with Crippen LogP contribution in [0.4, 0.5) is 8.78 Å². The third kappa shape index (κ3) is 5.25. The molecule has 1 amide bonds. The molecule has 0 spiro atoms. The molecule has 2 aliphatic rings. The minimum Gasteiger partial charge on any atom is -0.368 e. The number of hydrazone groups is 1. The van der Waals surface area contributed by atoms with Crippen molar-refractivity contribution < 1.29 is 18.3 Å². The number of amides is 1. The molecule has 4 rings (SSSR count). The molecule has 0 radical (unpaired) electrons. The summed E-state index contributed by atoms with van der Waals surface area (Å²) in [6.45, 7) is 4.84. The summed E-state index contributed by atoms with van der Waals surface area (Å²) < 4.78 is 33.8. The molecule has 8 heteroatoms. The van der Waals surface area contributed by atoms with Gasteiger partial charge in [-0.3, -0.25) is 14.8 Å². The topological polar surface area (TPSA) is 58.0 Å². The van der Waals surface area contributed by atoms with E-state index in [9.17, 15) is 13.6 Å². The van der Waals surface area contributed by atoms with Crippen molar-refractivity contribution in [2.24, 2.45) is 5.10 Å². The number of benzene rings is 1. The van der Waals surface area contributed by atoms with Crippen molar-refractivity contribution in [1.82, 2.24) is 14.9 Å². The highest BCUT2D eigenvalue weighted by molar-refractivity contribution is 5.83. The monoisotopic (exact) mass is 428 g/mol. The molecule has 1 aromatic heterocycles. The van der Waals surface area contributed by atoms with Crippen LogP contribution in [0.15, 0.2) is 41.5 Å². The Morgan fingerprint density at radius 3 is 2.68 bits per heavy atom. The second-order valence-corrected chi connectivity index (χ2v) is 7.92. The van der Waals surface area contributed by atoms with Crippen LogP contribution in [0, 0.1) is 11.6 Å². The van der Waals surface area contributed by atoms with Crippen molar-refractivity contribution >= 4 is 11.6 Å². The molecule has 0 unspecified atom stereocenters. The Labute approximate surface area is 180 Å². The molecule has 0 bridgehead atoms. The van der Waals surface area contributed by atoms with Gasteiger partial charge < -0.3 is 9.64 Å². The van der Waals surface area contributed by atoms with Gasteiger partial charge in [-0.1, -0.05) is 12.1 Å². The summed E-state index contributed by atoms with van der Waals surface area (Å²) >= 11 is 0. The van der Waals surface area contributed by atoms with Gasteiger partial charge in [-0.25, -0.2) is 8.78 Å². The number of ether oxygens (including phenoxy) is 1. The van der Waals surface area contributed by atoms with E-state index < -0.39 is 11.6 Å². The van der Waals surface area contributed by atoms with Crippen LogP contribution < -0.4 is 0 Å². The van der Waals surface area contributed by atoms with Crippen LogP contribution in [0.5, 0.6) is 0 Å². The van der Waals surface area contributed by atoms with Crippen molar-refractivity contribution in [3.05, 3.63) is 65.0 Å². The van der Waals surface area contributed by atoms with Gasteiger partial charge >= 0.3 is 0 Å². The summed E-state index contributed by atoms with van der Waals surface area (Å²) in [7, 11) is 0. The lowest BCUT2D eigenvalue weighted by molar-refractivity contribution is -0.139. The Morgan fingerprint density at radius 1 is 1.16 bits per heavy atom. The number of hydrogen-bond acceptors (Lipinski definition) is 5. The van der Waals surface area contributed by atoms with Gasteiger partial charge in [-0.2, -0.15) is 5.10 Å². The Bertz CT molecular complexity index is 962. The summed E-state index contributed by atoms with van der Waals surface area (Å²) in [5.74, 6) is -1.11. The SMILES string of the molecule is CC1=NN(CCC(=O)N2CCO[C@H](c3cccc(Cc4c(F)cccc4F)n3)C2)CC1. The van der Waals surface area contributed by atoms with Gasteiger partial charge in [-0.05, 0) is 31.2 Å². The van der Waals surface area contributed by atoms with Crippen LogP contribution >= 0.6 is 0 Å². The lowest BCUT2D eigenvalue weighted by atomic mass is 10.1. The quantitative estimate of drug-likeness (QED) is 0.708. The highest BCUT2D eigenvalue weighted by Gasteiger charge is 2.27. The fraction of sp³-hybridized carbons (Fsp3) is 0.435. The minimum atomic E-state index is -0.588. The summed E-state index contributed by atoms with van der Waals surface area (Å²) in [5.41, 5.74) is 2.30. The summed E-state index contributed by atoms with van der Waals surface area (Å²) in [6, 6.07) is 9.18. The molecule has 0 aliphatic carbocycles. The molecule has 3 heterocycles. The highest BCUT2D eigenvalue weighted by Crippen LogP contribution is 2.23. The van der Waals surface area contributed by atoms with Crippen LogP contribution in [0.25, 0.3) is 0 Å². The molecule has 0 N–H and O–H groups in total. The lowest BCUT2D eigenvalue weighted by Crippen LogP contribution is -2.43. The number of morpholine rings is 1. The first kappa shape index (κ1) is 21.4. The van der Waals surface area contributed by atoms with Crippen LogP contribution in [0.2, 0.25) is 0 Å². The number of hydrogen-bond donors (Lipinski definition) is 0. The molecule has 31 heavy (non-hydrogen) atoms. The van der Waals surface area contributed by atoms with Crippen LogP contribution in [0.1, 0.15) is 42.8 Å². The molecular formula is C23H26F2N4O2. The van der Waals surface area contributed by atoms with E-state index >= 15 is 0 Å². The number of rotatable bonds is 6. The van der Waals surface area contributed by atoms with Crippen molar-refractivity contribution in [3.63, 3.8) is 0 Å². The third-order valence-electron chi connectivity index (χ3n) is 5.62. The number of aromatic nitrogens is 1. The molecule has 164 valence electrons. The van der Waals surface area contributed by atoms with E-state index in [1.165, 1.54) is 18.2 Å². The van der Waals surface area contributed by atoms with Crippen LogP contribution in [0.3, 0.4) is 0 Å². The number of carbonyl (C=O) groups excluding carboxylic acids is 1. The molecule has 1 aromatic carbocycles.